The van der Waals surface area contributed by atoms with Crippen molar-refractivity contribution < 1.29 is 19.4 Å². The van der Waals surface area contributed by atoms with E-state index in [9.17, 15) is 9.59 Å². The number of hydrogen-bond acceptors (Lipinski definition) is 4. The first-order valence-corrected chi connectivity index (χ1v) is 7.91. The smallest absolute Gasteiger partial charge is 0.320 e. The molecule has 3 rings (SSSR count). The molecule has 2 atom stereocenters. The fraction of sp³-hybridized carbons (Fsp3) is 0.263. The molecule has 1 aliphatic heterocycles. The lowest BCUT2D eigenvalue weighted by atomic mass is 9.91. The van der Waals surface area contributed by atoms with Crippen LogP contribution in [0.5, 0.6) is 0 Å². The zero-order valence-corrected chi connectivity index (χ0v) is 13.1. The summed E-state index contributed by atoms with van der Waals surface area (Å²) in [7, 11) is 0. The molecule has 2 N–H and O–H groups in total. The van der Waals surface area contributed by atoms with Gasteiger partial charge < -0.3 is 15.2 Å². The Bertz CT molecular complexity index is 662. The molecule has 2 aromatic carbocycles. The van der Waals surface area contributed by atoms with Gasteiger partial charge in [-0.25, -0.2) is 0 Å². The third-order valence-electron chi connectivity index (χ3n) is 4.17. The first kappa shape index (κ1) is 16.2. The van der Waals surface area contributed by atoms with Crippen molar-refractivity contribution in [2.75, 3.05) is 6.54 Å². The van der Waals surface area contributed by atoms with E-state index in [4.69, 9.17) is 9.84 Å². The summed E-state index contributed by atoms with van der Waals surface area (Å²) in [5.41, 5.74) is 1.71. The maximum atomic E-state index is 12.8. The molecule has 5 nitrogen and oxygen atoms in total. The molecule has 124 valence electrons. The number of hydrogen-bond donors (Lipinski definition) is 2. The molecule has 0 bridgehead atoms. The summed E-state index contributed by atoms with van der Waals surface area (Å²) in [6.45, 7) is 0.360. The average Bonchev–Trinajstić information content (AvgIpc) is 3.06. The third kappa shape index (κ3) is 3.63. The van der Waals surface area contributed by atoms with Gasteiger partial charge in [-0.15, -0.1) is 0 Å². The Kier molecular flexibility index (Phi) is 4.91. The maximum Gasteiger partial charge on any atom is 0.320 e. The van der Waals surface area contributed by atoms with Crippen LogP contribution in [0.4, 0.5) is 0 Å². The van der Waals surface area contributed by atoms with Crippen molar-refractivity contribution in [3.8, 4) is 0 Å². The van der Waals surface area contributed by atoms with E-state index < -0.39 is 24.0 Å². The highest BCUT2D eigenvalue weighted by molar-refractivity contribution is 5.82. The second kappa shape index (κ2) is 7.27. The second-order valence-electron chi connectivity index (χ2n) is 5.85. The molecule has 0 amide bonds. The Labute approximate surface area is 140 Å². The fourth-order valence-corrected chi connectivity index (χ4v) is 2.97. The summed E-state index contributed by atoms with van der Waals surface area (Å²) in [5, 5.41) is 11.9. The number of aliphatic carboxylic acids is 1. The van der Waals surface area contributed by atoms with Gasteiger partial charge in [0, 0.05) is 13.0 Å². The number of nitrogens with one attached hydrogen (secondary N) is 1. The highest BCUT2D eigenvalue weighted by Crippen LogP contribution is 2.27. The molecular weight excluding hydrogens is 306 g/mol. The molecule has 0 saturated carbocycles. The first-order valence-electron chi connectivity index (χ1n) is 7.91. The first-order chi connectivity index (χ1) is 11.6. The lowest BCUT2D eigenvalue weighted by molar-refractivity contribution is -0.150. The Morgan fingerprint density at radius 1 is 1.00 bits per heavy atom. The quantitative estimate of drug-likeness (QED) is 0.824. The lowest BCUT2D eigenvalue weighted by Gasteiger charge is -2.19. The average molecular weight is 325 g/mol. The van der Waals surface area contributed by atoms with Gasteiger partial charge in [0.1, 0.15) is 18.1 Å². The minimum atomic E-state index is -0.920. The van der Waals surface area contributed by atoms with Crippen LogP contribution in [0.3, 0.4) is 0 Å². The third-order valence-corrected chi connectivity index (χ3v) is 4.17. The Hall–Kier alpha value is -2.66. The van der Waals surface area contributed by atoms with E-state index in [-0.39, 0.29) is 12.4 Å². The number of benzene rings is 2. The minimum Gasteiger partial charge on any atom is -0.480 e. The van der Waals surface area contributed by atoms with Gasteiger partial charge in [-0.2, -0.15) is 0 Å². The zero-order valence-electron chi connectivity index (χ0n) is 13.1. The van der Waals surface area contributed by atoms with E-state index in [1.807, 2.05) is 60.7 Å². The largest absolute Gasteiger partial charge is 0.480 e. The van der Waals surface area contributed by atoms with E-state index in [0.29, 0.717) is 6.54 Å². The molecule has 24 heavy (non-hydrogen) atoms. The van der Waals surface area contributed by atoms with E-state index >= 15 is 0 Å². The highest BCUT2D eigenvalue weighted by atomic mass is 16.5. The molecule has 1 saturated heterocycles. The molecule has 0 radical (unpaired) electrons. The van der Waals surface area contributed by atoms with Crippen LogP contribution < -0.4 is 5.32 Å². The maximum absolute atomic E-state index is 12.8. The Balaban J connectivity index is 1.79. The predicted molar refractivity (Wildman–Crippen MR) is 88.7 cm³/mol. The number of ether oxygens (including phenoxy) is 1. The molecule has 0 aliphatic carbocycles. The van der Waals surface area contributed by atoms with Gasteiger partial charge in [-0.3, -0.25) is 9.59 Å². The van der Waals surface area contributed by atoms with Crippen molar-refractivity contribution in [3.05, 3.63) is 71.8 Å². The normalized spacial score (nSPS) is 20.0. The highest BCUT2D eigenvalue weighted by Gasteiger charge is 2.34. The van der Waals surface area contributed by atoms with E-state index in [1.54, 1.807) is 0 Å². The van der Waals surface area contributed by atoms with Crippen LogP contribution in [-0.4, -0.2) is 35.7 Å². The van der Waals surface area contributed by atoms with E-state index in [1.165, 1.54) is 0 Å². The van der Waals surface area contributed by atoms with Crippen molar-refractivity contribution in [1.29, 1.82) is 0 Å². The molecule has 0 unspecified atom stereocenters. The summed E-state index contributed by atoms with van der Waals surface area (Å²) in [6, 6.07) is 18.3. The molecule has 0 aromatic heterocycles. The number of rotatable bonds is 5. The second-order valence-corrected chi connectivity index (χ2v) is 5.85. The van der Waals surface area contributed by atoms with Crippen LogP contribution in [0.25, 0.3) is 0 Å². The van der Waals surface area contributed by atoms with Crippen molar-refractivity contribution >= 4 is 11.9 Å². The van der Waals surface area contributed by atoms with E-state index in [0.717, 1.165) is 11.1 Å². The van der Waals surface area contributed by atoms with Gasteiger partial charge in [0.05, 0.1) is 0 Å². The number of carboxylic acid groups (broad SMARTS) is 1. The summed E-state index contributed by atoms with van der Waals surface area (Å²) in [4.78, 5) is 23.8. The van der Waals surface area contributed by atoms with Gasteiger partial charge in [0.15, 0.2) is 0 Å². The van der Waals surface area contributed by atoms with Crippen molar-refractivity contribution in [2.24, 2.45) is 0 Å². The fourth-order valence-electron chi connectivity index (χ4n) is 2.97. The summed E-state index contributed by atoms with van der Waals surface area (Å²) < 4.78 is 5.60. The predicted octanol–water partition coefficient (Wildman–Crippen LogP) is 2.18. The van der Waals surface area contributed by atoms with Gasteiger partial charge in [-0.1, -0.05) is 60.7 Å². The zero-order chi connectivity index (χ0) is 16.9. The number of carbonyl (C=O) groups is 2. The van der Waals surface area contributed by atoms with Crippen LogP contribution in [0.2, 0.25) is 0 Å². The van der Waals surface area contributed by atoms with Gasteiger partial charge in [0.25, 0.3) is 0 Å². The van der Waals surface area contributed by atoms with Gasteiger partial charge in [0.2, 0.25) is 0 Å². The number of carboxylic acids is 1. The van der Waals surface area contributed by atoms with Crippen molar-refractivity contribution in [3.63, 3.8) is 0 Å². The molecule has 1 fully saturated rings. The minimum absolute atomic E-state index is 0.289. The monoisotopic (exact) mass is 325 g/mol. The topological polar surface area (TPSA) is 75.6 Å². The van der Waals surface area contributed by atoms with Crippen LogP contribution >= 0.6 is 0 Å². The Morgan fingerprint density at radius 2 is 1.54 bits per heavy atom. The summed E-state index contributed by atoms with van der Waals surface area (Å²) >= 11 is 0. The van der Waals surface area contributed by atoms with Crippen LogP contribution in [0.1, 0.15) is 23.5 Å². The van der Waals surface area contributed by atoms with Crippen LogP contribution in [-0.2, 0) is 14.3 Å². The van der Waals surface area contributed by atoms with Crippen LogP contribution in [0, 0.1) is 0 Å². The van der Waals surface area contributed by atoms with Crippen molar-refractivity contribution in [1.82, 2.24) is 5.32 Å². The van der Waals surface area contributed by atoms with E-state index in [2.05, 4.69) is 5.32 Å². The lowest BCUT2D eigenvalue weighted by Crippen LogP contribution is -2.30. The number of carbonyl (C=O) groups excluding carboxylic acids is 1. The summed E-state index contributed by atoms with van der Waals surface area (Å²) in [5.74, 6) is -1.79. The number of esters is 1. The molecule has 2 aromatic rings. The Morgan fingerprint density at radius 3 is 2.00 bits per heavy atom. The SMILES string of the molecule is O=C(O[C@H]1CN[C@H](C(=O)O)C1)C(c1ccccc1)c1ccccc1. The standard InChI is InChI=1S/C19H19NO4/c21-18(22)16-11-15(12-20-16)24-19(23)17(13-7-3-1-4-8-13)14-9-5-2-6-10-14/h1-10,15-17,20H,11-12H2,(H,21,22)/t15-,16+/m1/s1. The van der Waals surface area contributed by atoms with Gasteiger partial charge >= 0.3 is 11.9 Å². The van der Waals surface area contributed by atoms with Gasteiger partial charge in [-0.05, 0) is 11.1 Å². The van der Waals surface area contributed by atoms with Crippen molar-refractivity contribution in [2.45, 2.75) is 24.5 Å². The summed E-state index contributed by atoms with van der Waals surface area (Å²) in [6.07, 6.45) is -0.134. The molecule has 5 heteroatoms. The molecular formula is C19H19NO4. The van der Waals surface area contributed by atoms with Crippen LogP contribution in [0.15, 0.2) is 60.7 Å². The molecule has 1 heterocycles. The molecule has 0 spiro atoms. The molecule has 1 aliphatic rings.